The number of benzene rings is 4. The maximum Gasteiger partial charge on any atom is 0.166 e. The number of nitrogens with zero attached hydrogens (tertiary/aromatic N) is 2. The third-order valence-electron chi connectivity index (χ3n) is 20.2. The molecule has 5 unspecified atom stereocenters. The molecule has 0 radical (unpaired) electrons. The summed E-state index contributed by atoms with van der Waals surface area (Å²) < 4.78 is 42.0. The zero-order valence-corrected chi connectivity index (χ0v) is 35.6. The van der Waals surface area contributed by atoms with Gasteiger partial charge in [-0.3, -0.25) is 0 Å². The number of methoxy groups -OCH3 is 4. The van der Waals surface area contributed by atoms with Crippen LogP contribution in [0.25, 0.3) is 0 Å². The average molecular weight is 839 g/mol. The van der Waals surface area contributed by atoms with Crippen LogP contribution < -0.4 is 18.9 Å². The van der Waals surface area contributed by atoms with Crippen LogP contribution in [0.5, 0.6) is 46.0 Å². The number of phenolic OH excluding ortho intramolecular Hbond substituents is 4. The lowest BCUT2D eigenvalue weighted by molar-refractivity contribution is -0.402. The zero-order valence-electron chi connectivity index (χ0n) is 35.6. The summed E-state index contributed by atoms with van der Waals surface area (Å²) in [6.07, 6.45) is 1.62. The van der Waals surface area contributed by atoms with Gasteiger partial charge in [0, 0.05) is 82.3 Å². The van der Waals surface area contributed by atoms with E-state index < -0.39 is 45.1 Å². The fourth-order valence-electron chi connectivity index (χ4n) is 19.3. The fraction of sp³-hybridized carbons (Fsp3) is 0.520. The molecule has 8 bridgehead atoms. The van der Waals surface area contributed by atoms with Gasteiger partial charge in [-0.1, -0.05) is 12.1 Å². The van der Waals surface area contributed by atoms with Crippen molar-refractivity contribution in [3.8, 4) is 46.0 Å². The van der Waals surface area contributed by atoms with Gasteiger partial charge in [0.05, 0.1) is 25.0 Å². The Bertz CT molecular complexity index is 2640. The average Bonchev–Trinajstić information content (AvgIpc) is 3.82. The van der Waals surface area contributed by atoms with Crippen LogP contribution in [-0.2, 0) is 55.2 Å². The van der Waals surface area contributed by atoms with Gasteiger partial charge in [-0.05, 0) is 112 Å². The standard InChI is InChI=1S/C50H50N2O10/c1-51-17-15-45-31-21-7-13-27(57-3)41(31)61-43(45)49(59-5)35-25(55)11-9-23(53)33(35)47(45,29(51)19-21)37-38-40(39(37)49)50(60-6)36-26(56)12-10-24(54)34(36)48(38)30-20-22-8-14-28(58-4)42-32(22)46(48,44(50)62-42)16-18-52(30)2/h7-14,29-30,37-40,43-44,53-56H,15-20H2,1-6H3/t29-,30-,37?,38?,39?,40?,43-,44-,45+,46+,47+,48?,49-,50+/m1/s1. The molecule has 13 aliphatic rings. The van der Waals surface area contributed by atoms with Gasteiger partial charge < -0.3 is 58.6 Å². The predicted molar refractivity (Wildman–Crippen MR) is 222 cm³/mol. The number of likely N-dealkylation sites (tertiary alicyclic amines) is 2. The second-order valence-corrected chi connectivity index (χ2v) is 20.6. The summed E-state index contributed by atoms with van der Waals surface area (Å²) in [4.78, 5) is 5.01. The Kier molecular flexibility index (Phi) is 5.87. The van der Waals surface area contributed by atoms with Crippen LogP contribution in [0, 0.1) is 23.7 Å². The number of hydrogen-bond acceptors (Lipinski definition) is 12. The SMILES string of the molecule is COc1ccc2c3c1O[C@@H]1[C@]34CCN(C)[C@H](C2)C42c3c(O)ccc(O)c3[C@]1(OC)C1C2C2C1[C@]1(OC)c3c(O)ccc(O)c3[C@@]23[C@H]2Cc4ccc(OC)c5c4[C@@]3(CCN2C)[C@H]1O5. The molecule has 17 rings (SSSR count). The fourth-order valence-corrected chi connectivity index (χ4v) is 19.3. The molecule has 0 amide bonds. The molecule has 12 heteroatoms. The second kappa shape index (κ2) is 10.2. The summed E-state index contributed by atoms with van der Waals surface area (Å²) in [6, 6.07) is 14.8. The van der Waals surface area contributed by atoms with Crippen molar-refractivity contribution in [3.63, 3.8) is 0 Å². The first kappa shape index (κ1) is 35.6. The van der Waals surface area contributed by atoms with Crippen molar-refractivity contribution in [2.24, 2.45) is 23.7 Å². The summed E-state index contributed by atoms with van der Waals surface area (Å²) in [6.45, 7) is 1.60. The van der Waals surface area contributed by atoms with Crippen molar-refractivity contribution < 1.29 is 48.8 Å². The summed E-state index contributed by atoms with van der Waals surface area (Å²) in [5.74, 6) is 2.04. The topological polar surface area (TPSA) is 143 Å². The van der Waals surface area contributed by atoms with Crippen molar-refractivity contribution in [2.45, 2.75) is 82.8 Å². The smallest absolute Gasteiger partial charge is 0.166 e. The highest BCUT2D eigenvalue weighted by molar-refractivity contribution is 5.79. The molecule has 2 saturated heterocycles. The van der Waals surface area contributed by atoms with Crippen LogP contribution in [0.4, 0.5) is 0 Å². The molecule has 4 aliphatic heterocycles. The van der Waals surface area contributed by atoms with Crippen molar-refractivity contribution in [1.29, 1.82) is 0 Å². The van der Waals surface area contributed by atoms with E-state index in [0.29, 0.717) is 35.5 Å². The second-order valence-electron chi connectivity index (χ2n) is 20.6. The van der Waals surface area contributed by atoms with E-state index in [2.05, 4.69) is 36.0 Å². The van der Waals surface area contributed by atoms with E-state index in [1.807, 2.05) is 12.1 Å². The van der Waals surface area contributed by atoms with Crippen molar-refractivity contribution in [3.05, 3.63) is 93.0 Å². The number of phenols is 4. The minimum atomic E-state index is -1.33. The van der Waals surface area contributed by atoms with Gasteiger partial charge in [-0.15, -0.1) is 0 Å². The van der Waals surface area contributed by atoms with Gasteiger partial charge in [-0.2, -0.15) is 0 Å². The highest BCUT2D eigenvalue weighted by Crippen LogP contribution is 2.93. The number of hydrogen-bond donors (Lipinski definition) is 4. The summed E-state index contributed by atoms with van der Waals surface area (Å²) in [5.41, 5.74) is 1.67. The van der Waals surface area contributed by atoms with Crippen LogP contribution in [0.15, 0.2) is 48.5 Å². The van der Waals surface area contributed by atoms with Gasteiger partial charge >= 0.3 is 0 Å². The van der Waals surface area contributed by atoms with Crippen molar-refractivity contribution in [2.75, 3.05) is 55.6 Å². The highest BCUT2D eigenvalue weighted by Gasteiger charge is 2.98. The molecule has 4 N–H and O–H groups in total. The van der Waals surface area contributed by atoms with Gasteiger partial charge in [0.15, 0.2) is 23.0 Å². The zero-order chi connectivity index (χ0) is 42.2. The predicted octanol–water partition coefficient (Wildman–Crippen LogP) is 4.84. The molecule has 320 valence electrons. The molecule has 4 aromatic rings. The monoisotopic (exact) mass is 838 g/mol. The molecule has 3 saturated carbocycles. The van der Waals surface area contributed by atoms with Crippen LogP contribution in [0.2, 0.25) is 0 Å². The first-order chi connectivity index (χ1) is 30.0. The van der Waals surface area contributed by atoms with Crippen molar-refractivity contribution >= 4 is 0 Å². The Balaban J connectivity index is 1.16. The first-order valence-electron chi connectivity index (χ1n) is 22.4. The van der Waals surface area contributed by atoms with E-state index in [1.165, 1.54) is 11.1 Å². The van der Waals surface area contributed by atoms with Gasteiger partial charge in [-0.25, -0.2) is 0 Å². The molecular weight excluding hydrogens is 789 g/mol. The molecule has 5 fully saturated rings. The lowest BCUT2D eigenvalue weighted by Gasteiger charge is -2.89. The minimum absolute atomic E-state index is 0.0601. The van der Waals surface area contributed by atoms with Crippen LogP contribution in [0.3, 0.4) is 0 Å². The molecule has 14 atom stereocenters. The normalized spacial score (nSPS) is 43.8. The van der Waals surface area contributed by atoms with Crippen LogP contribution in [0.1, 0.15) is 57.3 Å². The number of likely N-dealkylation sites (N-methyl/N-ethyl adjacent to an activating group) is 2. The minimum Gasteiger partial charge on any atom is -0.508 e. The maximum atomic E-state index is 12.8. The highest BCUT2D eigenvalue weighted by atomic mass is 16.6. The first-order valence-corrected chi connectivity index (χ1v) is 22.4. The quantitative estimate of drug-likeness (QED) is 0.209. The van der Waals surface area contributed by atoms with E-state index in [-0.39, 0.29) is 58.8 Å². The molecule has 4 spiro atoms. The lowest BCUT2D eigenvalue weighted by atomic mass is 9.16. The van der Waals surface area contributed by atoms with Crippen LogP contribution in [-0.4, -0.2) is 110 Å². The Labute approximate surface area is 358 Å². The number of aromatic hydroxyl groups is 4. The Morgan fingerprint density at radius 1 is 0.516 bits per heavy atom. The van der Waals surface area contributed by atoms with E-state index in [9.17, 15) is 20.4 Å². The third-order valence-corrected chi connectivity index (χ3v) is 20.2. The van der Waals surface area contributed by atoms with Crippen LogP contribution >= 0.6 is 0 Å². The molecular formula is C50H50N2O10. The molecule has 4 heterocycles. The van der Waals surface area contributed by atoms with E-state index in [0.717, 1.165) is 59.7 Å². The lowest BCUT2D eigenvalue weighted by Crippen LogP contribution is -2.96. The van der Waals surface area contributed by atoms with Crippen molar-refractivity contribution in [1.82, 2.24) is 9.80 Å². The van der Waals surface area contributed by atoms with Gasteiger partial charge in [0.1, 0.15) is 46.4 Å². The van der Waals surface area contributed by atoms with E-state index in [1.54, 1.807) is 52.7 Å². The third kappa shape index (κ3) is 2.82. The Hall–Kier alpha value is -4.88. The van der Waals surface area contributed by atoms with E-state index in [4.69, 9.17) is 28.4 Å². The van der Waals surface area contributed by atoms with E-state index >= 15 is 0 Å². The largest absolute Gasteiger partial charge is 0.508 e. The number of rotatable bonds is 4. The molecule has 9 aliphatic carbocycles. The summed E-state index contributed by atoms with van der Waals surface area (Å²) in [5, 5.41) is 50.7. The summed E-state index contributed by atoms with van der Waals surface area (Å²) in [7, 11) is 11.3. The molecule has 0 aromatic heterocycles. The Morgan fingerprint density at radius 3 is 1.27 bits per heavy atom. The van der Waals surface area contributed by atoms with Gasteiger partial charge in [0.2, 0.25) is 0 Å². The Morgan fingerprint density at radius 2 is 0.903 bits per heavy atom. The number of piperidine rings is 2. The molecule has 12 nitrogen and oxygen atoms in total. The number of ether oxygens (including phenoxy) is 6. The molecule has 62 heavy (non-hydrogen) atoms. The summed E-state index contributed by atoms with van der Waals surface area (Å²) >= 11 is 0. The van der Waals surface area contributed by atoms with Gasteiger partial charge in [0.25, 0.3) is 0 Å². The maximum absolute atomic E-state index is 12.8. The molecule has 4 aromatic carbocycles.